The Kier molecular flexibility index (Phi) is 3.27. The maximum atomic E-state index is 12.2. The van der Waals surface area contributed by atoms with Crippen molar-refractivity contribution < 1.29 is 14.7 Å². The highest BCUT2D eigenvalue weighted by atomic mass is 16.4. The standard InChI is InChI=1S/C12H15N3O3/c1-7-5-14-10(6-13-7)11(16)15-4-3-9(8(15)2)12(17)18/h5-6,8-9H,3-4H2,1-2H3,(H,17,18). The maximum absolute atomic E-state index is 12.2. The van der Waals surface area contributed by atoms with Crippen LogP contribution in [0.1, 0.15) is 29.5 Å². The van der Waals surface area contributed by atoms with E-state index in [1.165, 1.54) is 12.4 Å². The molecule has 6 nitrogen and oxygen atoms in total. The van der Waals surface area contributed by atoms with Crippen molar-refractivity contribution in [2.45, 2.75) is 26.3 Å². The molecule has 1 N–H and O–H groups in total. The first-order chi connectivity index (χ1) is 8.50. The molecule has 1 aliphatic rings. The highest BCUT2D eigenvalue weighted by molar-refractivity contribution is 5.93. The Bertz CT molecular complexity index is 472. The van der Waals surface area contributed by atoms with Gasteiger partial charge in [-0.05, 0) is 20.3 Å². The molecule has 0 bridgehead atoms. The number of aromatic nitrogens is 2. The fourth-order valence-electron chi connectivity index (χ4n) is 2.21. The van der Waals surface area contributed by atoms with Crippen LogP contribution in [0, 0.1) is 12.8 Å². The fraction of sp³-hybridized carbons (Fsp3) is 0.500. The van der Waals surface area contributed by atoms with Crippen LogP contribution < -0.4 is 0 Å². The number of carbonyl (C=O) groups is 2. The Hall–Kier alpha value is -1.98. The van der Waals surface area contributed by atoms with Crippen molar-refractivity contribution in [1.82, 2.24) is 14.9 Å². The summed E-state index contributed by atoms with van der Waals surface area (Å²) in [4.78, 5) is 32.8. The number of hydrogen-bond donors (Lipinski definition) is 1. The van der Waals surface area contributed by atoms with Gasteiger partial charge in [0.25, 0.3) is 5.91 Å². The molecular weight excluding hydrogens is 234 g/mol. The Balaban J connectivity index is 2.15. The van der Waals surface area contributed by atoms with Crippen LogP contribution in [0.4, 0.5) is 0 Å². The molecule has 0 saturated carbocycles. The summed E-state index contributed by atoms with van der Waals surface area (Å²) < 4.78 is 0. The number of aliphatic carboxylic acids is 1. The van der Waals surface area contributed by atoms with Crippen LogP contribution in [0.25, 0.3) is 0 Å². The highest BCUT2D eigenvalue weighted by Crippen LogP contribution is 2.25. The van der Waals surface area contributed by atoms with Gasteiger partial charge in [-0.25, -0.2) is 4.98 Å². The first kappa shape index (κ1) is 12.5. The van der Waals surface area contributed by atoms with E-state index in [2.05, 4.69) is 9.97 Å². The third-order valence-corrected chi connectivity index (χ3v) is 3.33. The number of carbonyl (C=O) groups excluding carboxylic acids is 1. The third kappa shape index (κ3) is 2.18. The van der Waals surface area contributed by atoms with E-state index in [0.29, 0.717) is 13.0 Å². The first-order valence-corrected chi connectivity index (χ1v) is 5.83. The second kappa shape index (κ2) is 4.72. The number of carboxylic acids is 1. The second-order valence-electron chi connectivity index (χ2n) is 4.52. The third-order valence-electron chi connectivity index (χ3n) is 3.33. The van der Waals surface area contributed by atoms with E-state index in [1.54, 1.807) is 18.7 Å². The van der Waals surface area contributed by atoms with Gasteiger partial charge in [0.2, 0.25) is 0 Å². The molecule has 0 spiro atoms. The van der Waals surface area contributed by atoms with Crippen molar-refractivity contribution in [2.75, 3.05) is 6.54 Å². The van der Waals surface area contributed by atoms with E-state index in [0.717, 1.165) is 5.69 Å². The van der Waals surface area contributed by atoms with Gasteiger partial charge in [-0.1, -0.05) is 0 Å². The molecule has 0 aromatic carbocycles. The van der Waals surface area contributed by atoms with E-state index in [9.17, 15) is 9.59 Å². The quantitative estimate of drug-likeness (QED) is 0.835. The van der Waals surface area contributed by atoms with Crippen molar-refractivity contribution in [3.63, 3.8) is 0 Å². The van der Waals surface area contributed by atoms with Gasteiger partial charge in [0.15, 0.2) is 0 Å². The number of amides is 1. The number of hydrogen-bond acceptors (Lipinski definition) is 4. The zero-order chi connectivity index (χ0) is 13.3. The number of nitrogens with zero attached hydrogens (tertiary/aromatic N) is 3. The molecule has 1 saturated heterocycles. The SMILES string of the molecule is Cc1cnc(C(=O)N2CCC(C(=O)O)C2C)cn1. The molecule has 2 heterocycles. The van der Waals surface area contributed by atoms with Crippen molar-refractivity contribution in [2.24, 2.45) is 5.92 Å². The van der Waals surface area contributed by atoms with Gasteiger partial charge >= 0.3 is 5.97 Å². The Morgan fingerprint density at radius 3 is 2.61 bits per heavy atom. The van der Waals surface area contributed by atoms with Gasteiger partial charge in [-0.15, -0.1) is 0 Å². The van der Waals surface area contributed by atoms with Crippen LogP contribution in [-0.4, -0.2) is 44.4 Å². The molecule has 1 aromatic rings. The van der Waals surface area contributed by atoms with Crippen LogP contribution >= 0.6 is 0 Å². The molecule has 1 amide bonds. The Morgan fingerprint density at radius 2 is 2.11 bits per heavy atom. The highest BCUT2D eigenvalue weighted by Gasteiger charge is 2.38. The molecule has 2 rings (SSSR count). The first-order valence-electron chi connectivity index (χ1n) is 5.83. The Morgan fingerprint density at radius 1 is 1.39 bits per heavy atom. The van der Waals surface area contributed by atoms with E-state index in [1.807, 2.05) is 0 Å². The minimum absolute atomic E-state index is 0.251. The van der Waals surface area contributed by atoms with Crippen LogP contribution in [0.5, 0.6) is 0 Å². The molecular formula is C12H15N3O3. The molecule has 18 heavy (non-hydrogen) atoms. The lowest BCUT2D eigenvalue weighted by atomic mass is 10.0. The van der Waals surface area contributed by atoms with E-state index in [-0.39, 0.29) is 17.6 Å². The van der Waals surface area contributed by atoms with Crippen molar-refractivity contribution in [1.29, 1.82) is 0 Å². The predicted octanol–water partition coefficient (Wildman–Crippen LogP) is 0.720. The summed E-state index contributed by atoms with van der Waals surface area (Å²) >= 11 is 0. The van der Waals surface area contributed by atoms with Gasteiger partial charge in [0.05, 0.1) is 17.8 Å². The van der Waals surface area contributed by atoms with Crippen LogP contribution in [-0.2, 0) is 4.79 Å². The van der Waals surface area contributed by atoms with Crippen LogP contribution in [0.2, 0.25) is 0 Å². The van der Waals surface area contributed by atoms with Gasteiger partial charge in [-0.2, -0.15) is 0 Å². The van der Waals surface area contributed by atoms with Crippen molar-refractivity contribution in [3.05, 3.63) is 23.8 Å². The number of likely N-dealkylation sites (tertiary alicyclic amines) is 1. The summed E-state index contributed by atoms with van der Waals surface area (Å²) in [7, 11) is 0. The number of aryl methyl sites for hydroxylation is 1. The summed E-state index contributed by atoms with van der Waals surface area (Å²) in [5.41, 5.74) is 1.00. The van der Waals surface area contributed by atoms with Gasteiger partial charge in [-0.3, -0.25) is 14.6 Å². The lowest BCUT2D eigenvalue weighted by molar-refractivity contribution is -0.142. The smallest absolute Gasteiger partial charge is 0.308 e. The largest absolute Gasteiger partial charge is 0.481 e. The monoisotopic (exact) mass is 249 g/mol. The molecule has 1 aromatic heterocycles. The molecule has 1 aliphatic heterocycles. The van der Waals surface area contributed by atoms with Crippen molar-refractivity contribution in [3.8, 4) is 0 Å². The summed E-state index contributed by atoms with van der Waals surface area (Å²) in [5, 5.41) is 9.02. The van der Waals surface area contributed by atoms with Gasteiger partial charge in [0, 0.05) is 18.8 Å². The van der Waals surface area contributed by atoms with E-state index >= 15 is 0 Å². The summed E-state index contributed by atoms with van der Waals surface area (Å²) in [6.45, 7) is 4.00. The lowest BCUT2D eigenvalue weighted by Gasteiger charge is -2.22. The molecule has 0 radical (unpaired) electrons. The molecule has 2 unspecified atom stereocenters. The predicted molar refractivity (Wildman–Crippen MR) is 63.0 cm³/mol. The zero-order valence-corrected chi connectivity index (χ0v) is 10.3. The normalized spacial score (nSPS) is 23.1. The molecule has 2 atom stereocenters. The fourth-order valence-corrected chi connectivity index (χ4v) is 2.21. The maximum Gasteiger partial charge on any atom is 0.308 e. The summed E-state index contributed by atoms with van der Waals surface area (Å²) in [5.74, 6) is -1.60. The lowest BCUT2D eigenvalue weighted by Crippen LogP contribution is -2.38. The topological polar surface area (TPSA) is 83.4 Å². The second-order valence-corrected chi connectivity index (χ2v) is 4.52. The number of carboxylic acid groups (broad SMARTS) is 1. The Labute approximate surface area is 105 Å². The van der Waals surface area contributed by atoms with Gasteiger partial charge in [0.1, 0.15) is 5.69 Å². The zero-order valence-electron chi connectivity index (χ0n) is 10.3. The summed E-state index contributed by atoms with van der Waals surface area (Å²) in [6.07, 6.45) is 3.45. The minimum Gasteiger partial charge on any atom is -0.481 e. The average molecular weight is 249 g/mol. The number of rotatable bonds is 2. The molecule has 96 valence electrons. The van der Waals surface area contributed by atoms with E-state index in [4.69, 9.17) is 5.11 Å². The molecule has 1 fully saturated rings. The van der Waals surface area contributed by atoms with Crippen molar-refractivity contribution >= 4 is 11.9 Å². The molecule has 0 aliphatic carbocycles. The summed E-state index contributed by atoms with van der Waals surface area (Å²) in [6, 6.07) is -0.307. The van der Waals surface area contributed by atoms with Gasteiger partial charge < -0.3 is 10.0 Å². The van der Waals surface area contributed by atoms with E-state index < -0.39 is 11.9 Å². The minimum atomic E-state index is -0.854. The van der Waals surface area contributed by atoms with Crippen LogP contribution in [0.15, 0.2) is 12.4 Å². The van der Waals surface area contributed by atoms with Crippen LogP contribution in [0.3, 0.4) is 0 Å². The molecule has 6 heteroatoms. The average Bonchev–Trinajstić information content (AvgIpc) is 2.71.